The van der Waals surface area contributed by atoms with Gasteiger partial charge in [-0.3, -0.25) is 0 Å². The second-order valence-corrected chi connectivity index (χ2v) is 4.55. The average molecular weight is 207 g/mol. The summed E-state index contributed by atoms with van der Waals surface area (Å²) >= 11 is 0. The fraction of sp³-hybridized carbons (Fsp3) is 0.538. The van der Waals surface area contributed by atoms with Crippen molar-refractivity contribution in [1.82, 2.24) is 0 Å². The molecule has 0 spiro atoms. The van der Waals surface area contributed by atoms with Gasteiger partial charge < -0.3 is 10.5 Å². The van der Waals surface area contributed by atoms with Crippen LogP contribution in [-0.2, 0) is 6.42 Å². The highest BCUT2D eigenvalue weighted by Gasteiger charge is 2.10. The van der Waals surface area contributed by atoms with Gasteiger partial charge >= 0.3 is 0 Å². The van der Waals surface area contributed by atoms with Gasteiger partial charge in [0, 0.05) is 5.54 Å². The van der Waals surface area contributed by atoms with Crippen LogP contribution in [0, 0.1) is 0 Å². The predicted octanol–water partition coefficient (Wildman–Crippen LogP) is 2.76. The highest BCUT2D eigenvalue weighted by Crippen LogP contribution is 2.19. The maximum absolute atomic E-state index is 5.89. The number of rotatable bonds is 5. The first-order valence-corrected chi connectivity index (χ1v) is 5.52. The van der Waals surface area contributed by atoms with Crippen LogP contribution in [0.5, 0.6) is 5.75 Å². The number of ether oxygens (including phenoxy) is 1. The lowest BCUT2D eigenvalue weighted by molar-refractivity contribution is 0.272. The number of aryl methyl sites for hydroxylation is 1. The van der Waals surface area contributed by atoms with Crippen molar-refractivity contribution in [3.8, 4) is 5.75 Å². The Morgan fingerprint density at radius 1 is 1.27 bits per heavy atom. The molecule has 0 saturated heterocycles. The summed E-state index contributed by atoms with van der Waals surface area (Å²) in [7, 11) is 0. The van der Waals surface area contributed by atoms with Crippen LogP contribution in [0.4, 0.5) is 0 Å². The van der Waals surface area contributed by atoms with Crippen LogP contribution in [-0.4, -0.2) is 12.1 Å². The molecule has 0 saturated carbocycles. The van der Waals surface area contributed by atoms with Crippen LogP contribution in [0.15, 0.2) is 24.3 Å². The molecule has 1 aromatic rings. The van der Waals surface area contributed by atoms with Crippen molar-refractivity contribution >= 4 is 0 Å². The summed E-state index contributed by atoms with van der Waals surface area (Å²) in [6.07, 6.45) is 1.87. The van der Waals surface area contributed by atoms with Gasteiger partial charge in [0.05, 0.1) is 6.61 Å². The summed E-state index contributed by atoms with van der Waals surface area (Å²) in [4.78, 5) is 0. The molecule has 0 fully saturated rings. The smallest absolute Gasteiger partial charge is 0.122 e. The molecular weight excluding hydrogens is 186 g/mol. The van der Waals surface area contributed by atoms with Crippen LogP contribution in [0.3, 0.4) is 0 Å². The van der Waals surface area contributed by atoms with E-state index >= 15 is 0 Å². The monoisotopic (exact) mass is 207 g/mol. The van der Waals surface area contributed by atoms with Crippen molar-refractivity contribution in [2.75, 3.05) is 6.61 Å². The number of hydrogen-bond donors (Lipinski definition) is 1. The lowest BCUT2D eigenvalue weighted by Crippen LogP contribution is -2.33. The van der Waals surface area contributed by atoms with Gasteiger partial charge in [-0.1, -0.05) is 25.1 Å². The molecule has 0 aliphatic heterocycles. The average Bonchev–Trinajstić information content (AvgIpc) is 2.16. The second kappa shape index (κ2) is 5.17. The zero-order valence-corrected chi connectivity index (χ0v) is 9.92. The van der Waals surface area contributed by atoms with Crippen LogP contribution >= 0.6 is 0 Å². The van der Waals surface area contributed by atoms with Crippen molar-refractivity contribution < 1.29 is 4.74 Å². The van der Waals surface area contributed by atoms with Gasteiger partial charge in [-0.15, -0.1) is 0 Å². The van der Waals surface area contributed by atoms with Gasteiger partial charge in [0.15, 0.2) is 0 Å². The number of hydrogen-bond acceptors (Lipinski definition) is 2. The summed E-state index contributed by atoms with van der Waals surface area (Å²) in [5, 5.41) is 0. The van der Waals surface area contributed by atoms with Crippen LogP contribution < -0.4 is 10.5 Å². The Morgan fingerprint density at radius 3 is 2.53 bits per heavy atom. The molecule has 0 atom stereocenters. The van der Waals surface area contributed by atoms with E-state index in [2.05, 4.69) is 13.0 Å². The highest BCUT2D eigenvalue weighted by atomic mass is 16.5. The van der Waals surface area contributed by atoms with Crippen molar-refractivity contribution in [1.29, 1.82) is 0 Å². The Kier molecular flexibility index (Phi) is 4.15. The summed E-state index contributed by atoms with van der Waals surface area (Å²) < 4.78 is 5.72. The molecule has 0 radical (unpaired) electrons. The Labute approximate surface area is 92.4 Å². The Morgan fingerprint density at radius 2 is 1.93 bits per heavy atom. The number of para-hydroxylation sites is 1. The van der Waals surface area contributed by atoms with Gasteiger partial charge in [-0.2, -0.15) is 0 Å². The Bertz CT molecular complexity index is 302. The van der Waals surface area contributed by atoms with Crippen LogP contribution in [0.2, 0.25) is 0 Å². The van der Waals surface area contributed by atoms with Gasteiger partial charge in [0.1, 0.15) is 5.75 Å². The first-order valence-electron chi connectivity index (χ1n) is 5.52. The molecule has 1 aromatic carbocycles. The maximum atomic E-state index is 5.89. The summed E-state index contributed by atoms with van der Waals surface area (Å²) in [6.45, 7) is 6.85. The molecule has 0 aliphatic rings. The summed E-state index contributed by atoms with van der Waals surface area (Å²) in [5.74, 6) is 0.990. The molecule has 2 heteroatoms. The molecule has 0 aliphatic carbocycles. The number of benzene rings is 1. The minimum Gasteiger partial charge on any atom is -0.493 e. The predicted molar refractivity (Wildman–Crippen MR) is 64.2 cm³/mol. The summed E-state index contributed by atoms with van der Waals surface area (Å²) in [5.41, 5.74) is 7.00. The lowest BCUT2D eigenvalue weighted by Gasteiger charge is -2.19. The minimum absolute atomic E-state index is 0.152. The van der Waals surface area contributed by atoms with E-state index in [1.165, 1.54) is 5.56 Å². The Balaban J connectivity index is 2.50. The van der Waals surface area contributed by atoms with Gasteiger partial charge in [-0.25, -0.2) is 0 Å². The number of nitrogens with two attached hydrogens (primary N) is 1. The van der Waals surface area contributed by atoms with E-state index in [1.54, 1.807) is 0 Å². The van der Waals surface area contributed by atoms with E-state index in [0.717, 1.165) is 18.6 Å². The van der Waals surface area contributed by atoms with E-state index in [0.29, 0.717) is 6.61 Å². The second-order valence-electron chi connectivity index (χ2n) is 4.55. The fourth-order valence-electron chi connectivity index (χ4n) is 1.36. The van der Waals surface area contributed by atoms with E-state index in [4.69, 9.17) is 10.5 Å². The summed E-state index contributed by atoms with van der Waals surface area (Å²) in [6, 6.07) is 8.16. The minimum atomic E-state index is -0.152. The third-order valence-corrected chi connectivity index (χ3v) is 2.36. The zero-order valence-electron chi connectivity index (χ0n) is 9.92. The van der Waals surface area contributed by atoms with Crippen LogP contribution in [0.25, 0.3) is 0 Å². The van der Waals surface area contributed by atoms with E-state index in [9.17, 15) is 0 Å². The SMILES string of the molecule is CCc1ccccc1OCCC(C)(C)N. The fourth-order valence-corrected chi connectivity index (χ4v) is 1.36. The third kappa shape index (κ3) is 4.34. The van der Waals surface area contributed by atoms with Crippen molar-refractivity contribution in [2.24, 2.45) is 5.73 Å². The molecular formula is C13H21NO. The quantitative estimate of drug-likeness (QED) is 0.805. The zero-order chi connectivity index (χ0) is 11.3. The molecule has 2 N–H and O–H groups in total. The standard InChI is InChI=1S/C13H21NO/c1-4-11-7-5-6-8-12(11)15-10-9-13(2,3)14/h5-8H,4,9-10,14H2,1-3H3. The molecule has 0 amide bonds. The molecule has 15 heavy (non-hydrogen) atoms. The lowest BCUT2D eigenvalue weighted by atomic mass is 10.0. The third-order valence-electron chi connectivity index (χ3n) is 2.36. The topological polar surface area (TPSA) is 35.2 Å². The van der Waals surface area contributed by atoms with Gasteiger partial charge in [0.25, 0.3) is 0 Å². The van der Waals surface area contributed by atoms with Gasteiger partial charge in [-0.05, 0) is 38.3 Å². The van der Waals surface area contributed by atoms with Crippen LogP contribution in [0.1, 0.15) is 32.8 Å². The maximum Gasteiger partial charge on any atom is 0.122 e. The van der Waals surface area contributed by atoms with E-state index < -0.39 is 0 Å². The molecule has 0 heterocycles. The normalized spacial score (nSPS) is 11.5. The molecule has 0 bridgehead atoms. The first kappa shape index (κ1) is 12.1. The van der Waals surface area contributed by atoms with E-state index in [-0.39, 0.29) is 5.54 Å². The molecule has 84 valence electrons. The molecule has 2 nitrogen and oxygen atoms in total. The van der Waals surface area contributed by atoms with E-state index in [1.807, 2.05) is 32.0 Å². The van der Waals surface area contributed by atoms with Crippen molar-refractivity contribution in [2.45, 2.75) is 39.2 Å². The Hall–Kier alpha value is -1.02. The highest BCUT2D eigenvalue weighted by molar-refractivity contribution is 5.33. The molecule has 1 rings (SSSR count). The molecule has 0 aromatic heterocycles. The molecule has 0 unspecified atom stereocenters. The first-order chi connectivity index (χ1) is 7.03. The van der Waals surface area contributed by atoms with Crippen molar-refractivity contribution in [3.05, 3.63) is 29.8 Å². The van der Waals surface area contributed by atoms with Crippen molar-refractivity contribution in [3.63, 3.8) is 0 Å². The van der Waals surface area contributed by atoms with Gasteiger partial charge in [0.2, 0.25) is 0 Å². The largest absolute Gasteiger partial charge is 0.493 e.